The zero-order valence-electron chi connectivity index (χ0n) is 25.3. The Morgan fingerprint density at radius 3 is 1.83 bits per heavy atom. The van der Waals surface area contributed by atoms with Crippen LogP contribution in [0.2, 0.25) is 0 Å². The third-order valence-electron chi connectivity index (χ3n) is 7.27. The number of imidazole rings is 1. The molecule has 2 aromatic carbocycles. The van der Waals surface area contributed by atoms with Gasteiger partial charge in [0.2, 0.25) is 15.7 Å². The Labute approximate surface area is 244 Å². The molecule has 0 spiro atoms. The first-order valence-corrected chi connectivity index (χ1v) is 15.7. The molecule has 0 aliphatic carbocycles. The molecule has 0 atom stereocenters. The minimum Gasteiger partial charge on any atom is -0.372 e. The second-order valence-electron chi connectivity index (χ2n) is 11.5. The smallest absolute Gasteiger partial charge is 0.372 e. The quantitative estimate of drug-likeness (QED) is 0.143. The predicted molar refractivity (Wildman–Crippen MR) is 163 cm³/mol. The first-order chi connectivity index (χ1) is 19.4. The molecule has 4 rings (SSSR count). The molecule has 0 unspecified atom stereocenters. The summed E-state index contributed by atoms with van der Waals surface area (Å²) in [6, 6.07) is 14.7. The number of nitrogens with zero attached hydrogens (tertiary/aromatic N) is 4. The van der Waals surface area contributed by atoms with Gasteiger partial charge in [0, 0.05) is 33.7 Å². The van der Waals surface area contributed by atoms with E-state index in [0.29, 0.717) is 6.01 Å². The standard InChI is InChI=1S/C33H41N4O3S/c1-10-41(38,39)30-19-29(34-20-35-30)40-33-36(31-25(21(2)3)13-11-14-26(31)22(4)5)17-18-37(33)32-27(23(6)7)15-12-16-28(32)24(8)9/h10-24H,1H2,2-9H3/q+1. The third-order valence-corrected chi connectivity index (χ3v) is 8.51. The van der Waals surface area contributed by atoms with Crippen LogP contribution in [0.5, 0.6) is 11.9 Å². The molecule has 0 N–H and O–H groups in total. The van der Waals surface area contributed by atoms with Crippen LogP contribution in [-0.2, 0) is 9.84 Å². The maximum Gasteiger partial charge on any atom is 0.473 e. The van der Waals surface area contributed by atoms with Gasteiger partial charge in [-0.3, -0.25) is 0 Å². The summed E-state index contributed by atoms with van der Waals surface area (Å²) in [5.41, 5.74) is 6.83. The van der Waals surface area contributed by atoms with E-state index in [4.69, 9.17) is 4.74 Å². The van der Waals surface area contributed by atoms with E-state index in [0.717, 1.165) is 16.8 Å². The van der Waals surface area contributed by atoms with Gasteiger partial charge >= 0.3 is 6.01 Å². The van der Waals surface area contributed by atoms with E-state index in [9.17, 15) is 8.42 Å². The molecule has 0 saturated carbocycles. The monoisotopic (exact) mass is 573 g/mol. The van der Waals surface area contributed by atoms with Crippen molar-refractivity contribution in [3.05, 3.63) is 95.4 Å². The zero-order chi connectivity index (χ0) is 30.1. The van der Waals surface area contributed by atoms with Crippen molar-refractivity contribution in [1.82, 2.24) is 14.5 Å². The molecule has 0 aliphatic heterocycles. The average Bonchev–Trinajstić information content (AvgIpc) is 3.34. The maximum absolute atomic E-state index is 12.5. The summed E-state index contributed by atoms with van der Waals surface area (Å²) < 4.78 is 35.8. The Morgan fingerprint density at radius 2 is 1.34 bits per heavy atom. The van der Waals surface area contributed by atoms with E-state index in [1.54, 1.807) is 0 Å². The fourth-order valence-electron chi connectivity index (χ4n) is 5.11. The summed E-state index contributed by atoms with van der Waals surface area (Å²) in [5, 5.41) is 0.710. The molecule has 216 valence electrons. The predicted octanol–water partition coefficient (Wildman–Crippen LogP) is 7.75. The Morgan fingerprint density at radius 1 is 0.829 bits per heavy atom. The molecule has 8 heteroatoms. The Balaban J connectivity index is 2.09. The van der Waals surface area contributed by atoms with E-state index in [2.05, 4.69) is 117 Å². The van der Waals surface area contributed by atoms with Crippen molar-refractivity contribution in [2.24, 2.45) is 0 Å². The Bertz CT molecular complexity index is 1530. The number of para-hydroxylation sites is 2. The van der Waals surface area contributed by atoms with Crippen LogP contribution in [-0.4, -0.2) is 23.0 Å². The number of rotatable bonds is 10. The van der Waals surface area contributed by atoms with Crippen molar-refractivity contribution in [3.8, 4) is 23.3 Å². The highest BCUT2D eigenvalue weighted by atomic mass is 32.2. The highest BCUT2D eigenvalue weighted by molar-refractivity contribution is 7.94. The van der Waals surface area contributed by atoms with E-state index in [1.165, 1.54) is 34.6 Å². The molecule has 41 heavy (non-hydrogen) atoms. The van der Waals surface area contributed by atoms with Crippen molar-refractivity contribution in [1.29, 1.82) is 0 Å². The molecule has 2 aromatic heterocycles. The van der Waals surface area contributed by atoms with Gasteiger partial charge < -0.3 is 4.74 Å². The Kier molecular flexibility index (Phi) is 8.83. The van der Waals surface area contributed by atoms with Crippen molar-refractivity contribution in [2.45, 2.75) is 84.1 Å². The number of sulfone groups is 1. The topological polar surface area (TPSA) is 78.0 Å². The van der Waals surface area contributed by atoms with E-state index >= 15 is 0 Å². The summed E-state index contributed by atoms with van der Waals surface area (Å²) >= 11 is 0. The van der Waals surface area contributed by atoms with Crippen LogP contribution in [0.1, 0.15) is 101 Å². The van der Waals surface area contributed by atoms with Gasteiger partial charge in [-0.05, 0) is 23.7 Å². The maximum atomic E-state index is 12.5. The lowest BCUT2D eigenvalue weighted by Gasteiger charge is -2.19. The van der Waals surface area contributed by atoms with Gasteiger partial charge in [0.25, 0.3) is 0 Å². The summed E-state index contributed by atoms with van der Waals surface area (Å²) in [7, 11) is -3.78. The summed E-state index contributed by atoms with van der Waals surface area (Å²) in [4.78, 5) is 8.26. The number of hydrogen-bond acceptors (Lipinski definition) is 5. The van der Waals surface area contributed by atoms with Crippen LogP contribution in [0.3, 0.4) is 0 Å². The van der Waals surface area contributed by atoms with Crippen LogP contribution in [0.4, 0.5) is 0 Å². The van der Waals surface area contributed by atoms with Crippen LogP contribution < -0.4 is 9.30 Å². The molecule has 0 fully saturated rings. The van der Waals surface area contributed by atoms with E-state index in [1.807, 2.05) is 12.4 Å². The van der Waals surface area contributed by atoms with Gasteiger partial charge in [0.05, 0.1) is 0 Å². The summed E-state index contributed by atoms with van der Waals surface area (Å²) in [6.07, 6.45) is 5.24. The minimum atomic E-state index is -3.78. The van der Waals surface area contributed by atoms with Crippen LogP contribution in [0.15, 0.2) is 78.2 Å². The fourth-order valence-corrected chi connectivity index (χ4v) is 5.74. The minimum absolute atomic E-state index is 0.121. The molecular formula is C33H41N4O3S+. The van der Waals surface area contributed by atoms with Gasteiger partial charge in [-0.1, -0.05) is 98.4 Å². The third kappa shape index (κ3) is 5.98. The van der Waals surface area contributed by atoms with Crippen molar-refractivity contribution >= 4 is 9.84 Å². The van der Waals surface area contributed by atoms with Crippen molar-refractivity contribution in [3.63, 3.8) is 0 Å². The largest absolute Gasteiger partial charge is 0.473 e. The van der Waals surface area contributed by atoms with Crippen LogP contribution >= 0.6 is 0 Å². The lowest BCUT2D eigenvalue weighted by molar-refractivity contribution is -0.602. The SMILES string of the molecule is C=CS(=O)(=O)c1cc(Oc2n(-c3c(C(C)C)cccc3C(C)C)cc[n+]2-c2c(C(C)C)cccc2C(C)C)ncn1. The number of benzene rings is 2. The summed E-state index contributed by atoms with van der Waals surface area (Å²) in [6.45, 7) is 20.9. The average molecular weight is 574 g/mol. The molecule has 0 aliphatic rings. The van der Waals surface area contributed by atoms with Crippen molar-refractivity contribution in [2.75, 3.05) is 0 Å². The van der Waals surface area contributed by atoms with Crippen molar-refractivity contribution < 1.29 is 17.7 Å². The first-order valence-electron chi connectivity index (χ1n) is 14.1. The molecule has 0 saturated heterocycles. The van der Waals surface area contributed by atoms with E-state index < -0.39 is 9.84 Å². The number of hydrogen-bond donors (Lipinski definition) is 0. The van der Waals surface area contributed by atoms with Crippen LogP contribution in [0, 0.1) is 0 Å². The number of aromatic nitrogens is 4. The second-order valence-corrected chi connectivity index (χ2v) is 13.4. The second kappa shape index (κ2) is 12.0. The molecular weight excluding hydrogens is 532 g/mol. The normalized spacial score (nSPS) is 12.1. The fraction of sp³-hybridized carbons (Fsp3) is 0.364. The lowest BCUT2D eigenvalue weighted by atomic mass is 9.92. The van der Waals surface area contributed by atoms with Crippen LogP contribution in [0.25, 0.3) is 11.4 Å². The highest BCUT2D eigenvalue weighted by Gasteiger charge is 2.32. The van der Waals surface area contributed by atoms with Gasteiger partial charge in [-0.15, -0.1) is 0 Å². The summed E-state index contributed by atoms with van der Waals surface area (Å²) in [5.74, 6) is 1.14. The van der Waals surface area contributed by atoms with Gasteiger partial charge in [-0.2, -0.15) is 9.13 Å². The molecule has 7 nitrogen and oxygen atoms in total. The first kappa shape index (κ1) is 30.2. The van der Waals surface area contributed by atoms with Gasteiger partial charge in [0.15, 0.2) is 5.03 Å². The van der Waals surface area contributed by atoms with Gasteiger partial charge in [-0.25, -0.2) is 18.4 Å². The van der Waals surface area contributed by atoms with E-state index in [-0.39, 0.29) is 34.6 Å². The molecule has 2 heterocycles. The lowest BCUT2D eigenvalue weighted by Crippen LogP contribution is -2.34. The zero-order valence-corrected chi connectivity index (χ0v) is 26.1. The Hall–Kier alpha value is -3.78. The highest BCUT2D eigenvalue weighted by Crippen LogP contribution is 2.36. The molecule has 0 amide bonds. The molecule has 0 radical (unpaired) electrons. The van der Waals surface area contributed by atoms with Gasteiger partial charge in [0.1, 0.15) is 30.1 Å². The molecule has 4 aromatic rings. The molecule has 0 bridgehead atoms. The number of ether oxygens (including phenoxy) is 1.